The molecule has 13 heavy (non-hydrogen) atoms. The molecule has 1 saturated carbocycles. The topological polar surface area (TPSA) is 20.2 Å². The molecule has 0 radical (unpaired) electrons. The maximum absolute atomic E-state index is 10.1. The van der Waals surface area contributed by atoms with Crippen LogP contribution in [0.1, 0.15) is 20.3 Å². The second-order valence-corrected chi connectivity index (χ2v) is 5.61. The summed E-state index contributed by atoms with van der Waals surface area (Å²) in [6, 6.07) is 10.1. The van der Waals surface area contributed by atoms with Crippen LogP contribution in [0.5, 0.6) is 0 Å². The highest BCUT2D eigenvalue weighted by atomic mass is 32.2. The van der Waals surface area contributed by atoms with Gasteiger partial charge < -0.3 is 5.11 Å². The molecule has 0 bridgehead atoms. The summed E-state index contributed by atoms with van der Waals surface area (Å²) < 4.78 is 0. The Hall–Kier alpha value is -0.470. The third-order valence-electron chi connectivity index (χ3n) is 2.64. The Labute approximate surface area is 83.2 Å². The summed E-state index contributed by atoms with van der Waals surface area (Å²) in [5.74, 6) is 0. The molecule has 2 rings (SSSR count). The van der Waals surface area contributed by atoms with E-state index in [0.717, 1.165) is 11.3 Å². The zero-order chi connectivity index (χ0) is 9.53. The molecule has 2 heteroatoms. The molecule has 1 aliphatic carbocycles. The van der Waals surface area contributed by atoms with Gasteiger partial charge in [0.2, 0.25) is 0 Å². The molecule has 1 atom stereocenters. The Morgan fingerprint density at radius 2 is 1.77 bits per heavy atom. The summed E-state index contributed by atoms with van der Waals surface area (Å²) >= 11 is 1.57. The summed E-state index contributed by atoms with van der Waals surface area (Å²) in [6.07, 6.45) is 0.888. The lowest BCUT2D eigenvalue weighted by Gasteiger charge is -2.12. The fourth-order valence-electron chi connectivity index (χ4n) is 1.41. The minimum atomic E-state index is -0.533. The van der Waals surface area contributed by atoms with Gasteiger partial charge in [0, 0.05) is 10.3 Å². The summed E-state index contributed by atoms with van der Waals surface area (Å²) in [6.45, 7) is 4.20. The van der Waals surface area contributed by atoms with E-state index >= 15 is 0 Å². The van der Waals surface area contributed by atoms with Gasteiger partial charge in [-0.15, -0.1) is 0 Å². The van der Waals surface area contributed by atoms with E-state index in [-0.39, 0.29) is 5.41 Å². The molecule has 1 aromatic rings. The van der Waals surface area contributed by atoms with E-state index in [1.165, 1.54) is 0 Å². The molecular formula is C11H14OS. The van der Waals surface area contributed by atoms with Gasteiger partial charge in [0.1, 0.15) is 4.93 Å². The molecule has 0 aromatic heterocycles. The van der Waals surface area contributed by atoms with Crippen molar-refractivity contribution in [3.63, 3.8) is 0 Å². The zero-order valence-electron chi connectivity index (χ0n) is 7.95. The van der Waals surface area contributed by atoms with E-state index in [1.807, 2.05) is 30.3 Å². The first-order valence-corrected chi connectivity index (χ1v) is 5.32. The monoisotopic (exact) mass is 194 g/mol. The first-order valence-electron chi connectivity index (χ1n) is 4.50. The van der Waals surface area contributed by atoms with Crippen LogP contribution < -0.4 is 0 Å². The number of benzene rings is 1. The zero-order valence-corrected chi connectivity index (χ0v) is 8.77. The van der Waals surface area contributed by atoms with Crippen molar-refractivity contribution >= 4 is 11.8 Å². The predicted octanol–water partition coefficient (Wildman–Crippen LogP) is 2.90. The molecule has 0 aliphatic heterocycles. The molecule has 1 N–H and O–H groups in total. The van der Waals surface area contributed by atoms with Crippen LogP contribution in [-0.2, 0) is 0 Å². The summed E-state index contributed by atoms with van der Waals surface area (Å²) in [4.78, 5) is 0.615. The summed E-state index contributed by atoms with van der Waals surface area (Å²) in [5.41, 5.74) is 0.0769. The first-order chi connectivity index (χ1) is 6.04. The normalized spacial score (nSPS) is 30.1. The van der Waals surface area contributed by atoms with Gasteiger partial charge >= 0.3 is 0 Å². The molecule has 1 nitrogen and oxygen atoms in total. The van der Waals surface area contributed by atoms with Gasteiger partial charge in [0.15, 0.2) is 0 Å². The van der Waals surface area contributed by atoms with E-state index in [1.54, 1.807) is 11.8 Å². The molecule has 1 unspecified atom stereocenters. The minimum Gasteiger partial charge on any atom is -0.379 e. The van der Waals surface area contributed by atoms with Crippen LogP contribution >= 0.6 is 11.8 Å². The largest absolute Gasteiger partial charge is 0.379 e. The maximum Gasteiger partial charge on any atom is 0.120 e. The molecule has 0 saturated heterocycles. The van der Waals surface area contributed by atoms with Crippen LogP contribution in [0.3, 0.4) is 0 Å². The first kappa shape index (κ1) is 9.10. The van der Waals surface area contributed by atoms with Crippen molar-refractivity contribution < 1.29 is 5.11 Å². The predicted molar refractivity (Wildman–Crippen MR) is 55.6 cm³/mol. The van der Waals surface area contributed by atoms with Gasteiger partial charge in [-0.05, 0) is 18.6 Å². The van der Waals surface area contributed by atoms with Crippen molar-refractivity contribution in [1.82, 2.24) is 0 Å². The Bertz CT molecular complexity index is 307. The summed E-state index contributed by atoms with van der Waals surface area (Å²) in [5, 5.41) is 10.1. The molecule has 1 aliphatic rings. The average Bonchev–Trinajstić information content (AvgIpc) is 2.51. The van der Waals surface area contributed by atoms with Crippen molar-refractivity contribution in [3.05, 3.63) is 30.3 Å². The minimum absolute atomic E-state index is 0.0769. The quantitative estimate of drug-likeness (QED) is 0.730. The standard InChI is InChI=1S/C11H14OS/c1-10(2)8-11(10,12)13-9-6-4-3-5-7-9/h3-7,12H,8H2,1-2H3. The van der Waals surface area contributed by atoms with Crippen molar-refractivity contribution in [2.24, 2.45) is 5.41 Å². The van der Waals surface area contributed by atoms with Crippen LogP contribution in [-0.4, -0.2) is 10.0 Å². The van der Waals surface area contributed by atoms with Crippen molar-refractivity contribution in [2.75, 3.05) is 0 Å². The fraction of sp³-hybridized carbons (Fsp3) is 0.455. The third kappa shape index (κ3) is 1.61. The highest BCUT2D eigenvalue weighted by Gasteiger charge is 2.61. The van der Waals surface area contributed by atoms with E-state index in [9.17, 15) is 5.11 Å². The molecule has 0 amide bonds. The fourth-order valence-corrected chi connectivity index (χ4v) is 2.81. The summed E-state index contributed by atoms with van der Waals surface area (Å²) in [7, 11) is 0. The van der Waals surface area contributed by atoms with Gasteiger partial charge in [0.05, 0.1) is 0 Å². The number of hydrogen-bond donors (Lipinski definition) is 1. The molecule has 0 spiro atoms. The SMILES string of the molecule is CC1(C)CC1(O)Sc1ccccc1. The van der Waals surface area contributed by atoms with Crippen molar-refractivity contribution in [1.29, 1.82) is 0 Å². The van der Waals surface area contributed by atoms with Crippen LogP contribution in [0.2, 0.25) is 0 Å². The van der Waals surface area contributed by atoms with Gasteiger partial charge in [0.25, 0.3) is 0 Å². The van der Waals surface area contributed by atoms with Gasteiger partial charge in [-0.1, -0.05) is 43.8 Å². The second kappa shape index (κ2) is 2.76. The Balaban J connectivity index is 2.09. The van der Waals surface area contributed by atoms with E-state index in [2.05, 4.69) is 13.8 Å². The average molecular weight is 194 g/mol. The Morgan fingerprint density at radius 1 is 1.23 bits per heavy atom. The molecule has 1 aromatic carbocycles. The van der Waals surface area contributed by atoms with Crippen molar-refractivity contribution in [3.8, 4) is 0 Å². The van der Waals surface area contributed by atoms with Crippen molar-refractivity contribution in [2.45, 2.75) is 30.1 Å². The highest BCUT2D eigenvalue weighted by molar-refractivity contribution is 8.00. The highest BCUT2D eigenvalue weighted by Crippen LogP contribution is 2.63. The van der Waals surface area contributed by atoms with Crippen LogP contribution in [0.25, 0.3) is 0 Å². The lowest BCUT2D eigenvalue weighted by atomic mass is 10.2. The lowest BCUT2D eigenvalue weighted by molar-refractivity contribution is 0.202. The number of aliphatic hydroxyl groups is 1. The smallest absolute Gasteiger partial charge is 0.120 e. The van der Waals surface area contributed by atoms with E-state index < -0.39 is 4.93 Å². The van der Waals surface area contributed by atoms with Gasteiger partial charge in [-0.2, -0.15) is 0 Å². The van der Waals surface area contributed by atoms with Crippen LogP contribution in [0.4, 0.5) is 0 Å². The third-order valence-corrected chi connectivity index (χ3v) is 4.19. The Morgan fingerprint density at radius 3 is 2.23 bits per heavy atom. The van der Waals surface area contributed by atoms with Crippen LogP contribution in [0, 0.1) is 5.41 Å². The number of thioether (sulfide) groups is 1. The maximum atomic E-state index is 10.1. The van der Waals surface area contributed by atoms with E-state index in [4.69, 9.17) is 0 Å². The molecule has 0 heterocycles. The number of hydrogen-bond acceptors (Lipinski definition) is 2. The van der Waals surface area contributed by atoms with E-state index in [0.29, 0.717) is 0 Å². The van der Waals surface area contributed by atoms with Gasteiger partial charge in [-0.3, -0.25) is 0 Å². The Kier molecular flexibility index (Phi) is 1.93. The second-order valence-electron chi connectivity index (χ2n) is 4.26. The van der Waals surface area contributed by atoms with Crippen LogP contribution in [0.15, 0.2) is 35.2 Å². The molecule has 70 valence electrons. The number of rotatable bonds is 2. The van der Waals surface area contributed by atoms with Gasteiger partial charge in [-0.25, -0.2) is 0 Å². The molecule has 1 fully saturated rings. The molecular weight excluding hydrogens is 180 g/mol. The lowest BCUT2D eigenvalue weighted by Crippen LogP contribution is -2.09.